The smallest absolute Gasteiger partial charge is 0.367 e. The van der Waals surface area contributed by atoms with Crippen LogP contribution in [0.3, 0.4) is 0 Å². The van der Waals surface area contributed by atoms with Crippen molar-refractivity contribution in [3.05, 3.63) is 85.8 Å². The van der Waals surface area contributed by atoms with Crippen molar-refractivity contribution in [1.82, 2.24) is 9.55 Å². The van der Waals surface area contributed by atoms with E-state index in [4.69, 9.17) is 27.9 Å². The van der Waals surface area contributed by atoms with Crippen LogP contribution >= 0.6 is 35.0 Å². The first-order valence-electron chi connectivity index (χ1n) is 9.02. The van der Waals surface area contributed by atoms with Gasteiger partial charge in [0.15, 0.2) is 0 Å². The number of hydrogen-bond acceptors (Lipinski definition) is 5. The van der Waals surface area contributed by atoms with Crippen LogP contribution in [0.4, 0.5) is 10.2 Å². The van der Waals surface area contributed by atoms with Gasteiger partial charge in [0.05, 0.1) is 13.2 Å². The second-order valence-corrected chi connectivity index (χ2v) is 8.39. The quantitative estimate of drug-likeness (QED) is 0.208. The van der Waals surface area contributed by atoms with E-state index >= 15 is 0 Å². The fraction of sp³-hybridized carbons (Fsp3) is 0.250. The molecule has 0 aliphatic carbocycles. The third kappa shape index (κ3) is 5.72. The molecule has 0 radical (unpaired) electrons. The molecule has 10 heteroatoms. The molecule has 0 saturated heterocycles. The van der Waals surface area contributed by atoms with E-state index < -0.39 is 11.0 Å². The third-order valence-corrected chi connectivity index (χ3v) is 5.66. The number of nitrogens with zero attached hydrogens (tertiary/aromatic N) is 3. The Kier molecular flexibility index (Phi) is 7.71. The maximum absolute atomic E-state index is 13.2. The predicted molar refractivity (Wildman–Crippen MR) is 116 cm³/mol. The fourth-order valence-electron chi connectivity index (χ4n) is 2.81. The zero-order valence-corrected chi connectivity index (χ0v) is 18.3. The summed E-state index contributed by atoms with van der Waals surface area (Å²) in [6, 6.07) is 11.1. The van der Waals surface area contributed by atoms with Crippen LogP contribution in [0.1, 0.15) is 24.2 Å². The molecule has 0 bridgehead atoms. The van der Waals surface area contributed by atoms with E-state index in [0.717, 1.165) is 5.56 Å². The Morgan fingerprint density at radius 1 is 1.27 bits per heavy atom. The van der Waals surface area contributed by atoms with Crippen molar-refractivity contribution in [1.29, 1.82) is 0 Å². The lowest BCUT2D eigenvalue weighted by Crippen LogP contribution is -2.14. The first kappa shape index (κ1) is 22.6. The Bertz CT molecular complexity index is 1030. The van der Waals surface area contributed by atoms with Gasteiger partial charge in [-0.05, 0) is 39.7 Å². The third-order valence-electron chi connectivity index (χ3n) is 4.22. The number of aromatic nitrogens is 2. The molecule has 3 rings (SSSR count). The lowest BCUT2D eigenvalue weighted by molar-refractivity contribution is -0.389. The standard InChI is InChI=1S/C20H18Cl2FN3O3S/c1-2-30-20-24-19(26(27)28)11-25(20)10-18(16-8-5-14(21)9-17(16)22)29-12-13-3-6-15(23)7-4-13/h3-9,11,18H,2,10,12H2,1H3. The van der Waals surface area contributed by atoms with E-state index in [-0.39, 0.29) is 24.8 Å². The van der Waals surface area contributed by atoms with Gasteiger partial charge < -0.3 is 14.9 Å². The van der Waals surface area contributed by atoms with Crippen molar-refractivity contribution >= 4 is 40.8 Å². The number of ether oxygens (including phenoxy) is 1. The second-order valence-electron chi connectivity index (χ2n) is 6.32. The van der Waals surface area contributed by atoms with Gasteiger partial charge in [0.1, 0.15) is 18.1 Å². The zero-order chi connectivity index (χ0) is 21.7. The highest BCUT2D eigenvalue weighted by Gasteiger charge is 2.24. The summed E-state index contributed by atoms with van der Waals surface area (Å²) in [4.78, 5) is 14.7. The molecule has 0 spiro atoms. The van der Waals surface area contributed by atoms with Gasteiger partial charge in [-0.1, -0.05) is 60.1 Å². The van der Waals surface area contributed by atoms with Crippen molar-refractivity contribution in [3.63, 3.8) is 0 Å². The fourth-order valence-corrected chi connectivity index (χ4v) is 4.05. The topological polar surface area (TPSA) is 70.2 Å². The average molecular weight is 470 g/mol. The number of nitro groups is 1. The summed E-state index contributed by atoms with van der Waals surface area (Å²) >= 11 is 13.8. The molecule has 158 valence electrons. The minimum atomic E-state index is -0.537. The maximum atomic E-state index is 13.2. The molecule has 0 saturated carbocycles. The monoisotopic (exact) mass is 469 g/mol. The van der Waals surface area contributed by atoms with Crippen LogP contribution in [0.2, 0.25) is 10.0 Å². The molecule has 1 unspecified atom stereocenters. The average Bonchev–Trinajstić information content (AvgIpc) is 3.10. The predicted octanol–water partition coefficient (Wildman–Crippen LogP) is 6.31. The summed E-state index contributed by atoms with van der Waals surface area (Å²) in [5.74, 6) is 0.144. The summed E-state index contributed by atoms with van der Waals surface area (Å²) in [7, 11) is 0. The van der Waals surface area contributed by atoms with Crippen LogP contribution in [0.15, 0.2) is 53.8 Å². The lowest BCUT2D eigenvalue weighted by Gasteiger charge is -2.20. The number of rotatable bonds is 9. The van der Waals surface area contributed by atoms with Crippen molar-refractivity contribution < 1.29 is 14.1 Å². The molecule has 0 amide bonds. The summed E-state index contributed by atoms with van der Waals surface area (Å²) < 4.78 is 21.0. The van der Waals surface area contributed by atoms with E-state index in [2.05, 4.69) is 4.98 Å². The van der Waals surface area contributed by atoms with Crippen LogP contribution in [0, 0.1) is 15.9 Å². The summed E-state index contributed by atoms with van der Waals surface area (Å²) in [5.41, 5.74) is 1.47. The molecule has 0 aliphatic heterocycles. The molecule has 1 heterocycles. The van der Waals surface area contributed by atoms with Gasteiger partial charge in [-0.3, -0.25) is 4.57 Å². The number of thioether (sulfide) groups is 1. The minimum absolute atomic E-state index is 0.205. The van der Waals surface area contributed by atoms with E-state index in [0.29, 0.717) is 26.5 Å². The van der Waals surface area contributed by atoms with Crippen LogP contribution in [0.5, 0.6) is 0 Å². The Morgan fingerprint density at radius 3 is 2.63 bits per heavy atom. The highest BCUT2D eigenvalue weighted by atomic mass is 35.5. The zero-order valence-electron chi connectivity index (χ0n) is 15.9. The van der Waals surface area contributed by atoms with Crippen LogP contribution < -0.4 is 0 Å². The minimum Gasteiger partial charge on any atom is -0.367 e. The lowest BCUT2D eigenvalue weighted by atomic mass is 10.1. The van der Waals surface area contributed by atoms with Crippen LogP contribution in [-0.2, 0) is 17.9 Å². The largest absolute Gasteiger partial charge is 0.382 e. The van der Waals surface area contributed by atoms with Gasteiger partial charge >= 0.3 is 5.82 Å². The molecule has 0 aliphatic rings. The van der Waals surface area contributed by atoms with E-state index in [9.17, 15) is 14.5 Å². The Balaban J connectivity index is 1.90. The molecule has 0 fully saturated rings. The molecule has 0 N–H and O–H groups in total. The van der Waals surface area contributed by atoms with Gasteiger partial charge in [0.2, 0.25) is 0 Å². The maximum Gasteiger partial charge on any atom is 0.382 e. The molecule has 2 aromatic carbocycles. The SMILES string of the molecule is CCSc1nc([N+](=O)[O-])cn1CC(OCc1ccc(F)cc1)c1ccc(Cl)cc1Cl. The molecular weight excluding hydrogens is 452 g/mol. The molecular formula is C20H18Cl2FN3O3S. The van der Waals surface area contributed by atoms with E-state index in [1.165, 1.54) is 30.1 Å². The van der Waals surface area contributed by atoms with Crippen LogP contribution in [-0.4, -0.2) is 20.2 Å². The molecule has 30 heavy (non-hydrogen) atoms. The second kappa shape index (κ2) is 10.3. The Morgan fingerprint density at radius 2 is 2.00 bits per heavy atom. The Hall–Kier alpha value is -2.13. The summed E-state index contributed by atoms with van der Waals surface area (Å²) in [5, 5.41) is 12.6. The number of benzene rings is 2. The van der Waals surface area contributed by atoms with Gasteiger partial charge in [-0.15, -0.1) is 0 Å². The van der Waals surface area contributed by atoms with Gasteiger partial charge in [-0.2, -0.15) is 0 Å². The number of halogens is 3. The van der Waals surface area contributed by atoms with E-state index in [1.807, 2.05) is 6.92 Å². The van der Waals surface area contributed by atoms with Gasteiger partial charge in [0, 0.05) is 21.4 Å². The van der Waals surface area contributed by atoms with Crippen molar-refractivity contribution in [3.8, 4) is 0 Å². The van der Waals surface area contributed by atoms with Crippen molar-refractivity contribution in [2.24, 2.45) is 0 Å². The van der Waals surface area contributed by atoms with Crippen molar-refractivity contribution in [2.75, 3.05) is 5.75 Å². The summed E-state index contributed by atoms with van der Waals surface area (Å²) in [6.07, 6.45) is 0.848. The highest BCUT2D eigenvalue weighted by molar-refractivity contribution is 7.99. The van der Waals surface area contributed by atoms with Crippen LogP contribution in [0.25, 0.3) is 0 Å². The normalized spacial score (nSPS) is 12.1. The molecule has 6 nitrogen and oxygen atoms in total. The van der Waals surface area contributed by atoms with Gasteiger partial charge in [-0.25, -0.2) is 4.39 Å². The molecule has 1 atom stereocenters. The molecule has 3 aromatic rings. The first-order chi connectivity index (χ1) is 14.4. The van der Waals surface area contributed by atoms with Gasteiger partial charge in [0.25, 0.3) is 5.16 Å². The van der Waals surface area contributed by atoms with Crippen molar-refractivity contribution in [2.45, 2.75) is 31.3 Å². The molecule has 1 aromatic heterocycles. The van der Waals surface area contributed by atoms with E-state index in [1.54, 1.807) is 34.9 Å². The number of hydrogen-bond donors (Lipinski definition) is 0. The summed E-state index contributed by atoms with van der Waals surface area (Å²) in [6.45, 7) is 2.40. The first-order valence-corrected chi connectivity index (χ1v) is 10.8. The highest BCUT2D eigenvalue weighted by Crippen LogP contribution is 2.32. The Labute approximate surface area is 187 Å². The number of imidazole rings is 1.